The first-order valence-corrected chi connectivity index (χ1v) is 9.95. The zero-order valence-corrected chi connectivity index (χ0v) is 16.7. The van der Waals surface area contributed by atoms with Crippen molar-refractivity contribution in [1.82, 2.24) is 34.0 Å². The van der Waals surface area contributed by atoms with Crippen LogP contribution in [0.3, 0.4) is 0 Å². The molecule has 9 nitrogen and oxygen atoms in total. The quantitative estimate of drug-likeness (QED) is 0.517. The lowest BCUT2D eigenvalue weighted by atomic mass is 10.1. The van der Waals surface area contributed by atoms with Gasteiger partial charge in [0.2, 0.25) is 5.65 Å². The third-order valence-corrected chi connectivity index (χ3v) is 5.53. The smallest absolute Gasteiger partial charge is 0.270 e. The molecule has 0 saturated carbocycles. The minimum atomic E-state index is 0.0502. The molecule has 30 heavy (non-hydrogen) atoms. The molecule has 1 aliphatic heterocycles. The lowest BCUT2D eigenvalue weighted by Gasteiger charge is -2.40. The lowest BCUT2D eigenvalue weighted by Crippen LogP contribution is -2.54. The van der Waals surface area contributed by atoms with E-state index in [0.29, 0.717) is 31.9 Å². The number of hydrogen-bond acceptors (Lipinski definition) is 6. The fraction of sp³-hybridized carbons (Fsp3) is 0.286. The molecule has 1 aliphatic rings. The molecule has 5 heterocycles. The van der Waals surface area contributed by atoms with Crippen LogP contribution in [0, 0.1) is 0 Å². The monoisotopic (exact) mass is 402 g/mol. The van der Waals surface area contributed by atoms with E-state index in [1.807, 2.05) is 50.5 Å². The molecule has 4 aromatic heterocycles. The molecule has 1 fully saturated rings. The van der Waals surface area contributed by atoms with Crippen LogP contribution < -0.4 is 4.90 Å². The molecule has 152 valence electrons. The van der Waals surface area contributed by atoms with E-state index in [2.05, 4.69) is 32.0 Å². The lowest BCUT2D eigenvalue weighted by molar-refractivity contribution is 0.0715. The highest BCUT2D eigenvalue weighted by Gasteiger charge is 2.30. The van der Waals surface area contributed by atoms with E-state index in [-0.39, 0.29) is 11.9 Å². The van der Waals surface area contributed by atoms with Crippen molar-refractivity contribution in [3.8, 4) is 0 Å². The average molecular weight is 402 g/mol. The average Bonchev–Trinajstić information content (AvgIpc) is 3.43. The molecule has 1 saturated heterocycles. The molecule has 1 amide bonds. The van der Waals surface area contributed by atoms with Crippen LogP contribution >= 0.6 is 0 Å². The number of nitrogens with zero attached hydrogens (tertiary/aromatic N) is 8. The zero-order valence-electron chi connectivity index (χ0n) is 16.7. The molecule has 0 aliphatic carbocycles. The fourth-order valence-electron chi connectivity index (χ4n) is 4.00. The molecule has 0 aromatic carbocycles. The van der Waals surface area contributed by atoms with Gasteiger partial charge in [0, 0.05) is 63.2 Å². The third-order valence-electron chi connectivity index (χ3n) is 5.53. The summed E-state index contributed by atoms with van der Waals surface area (Å²) in [5, 5.41) is 8.17. The number of carbonyl (C=O) groups excluding carboxylic acids is 1. The molecule has 9 heteroatoms. The van der Waals surface area contributed by atoms with E-state index in [1.165, 1.54) is 0 Å². The number of carbonyl (C=O) groups is 1. The molecular formula is C21H22N8O. The Labute approximate surface area is 173 Å². The van der Waals surface area contributed by atoms with Gasteiger partial charge in [-0.05, 0) is 36.8 Å². The Bertz CT molecular complexity index is 1170. The van der Waals surface area contributed by atoms with Crippen molar-refractivity contribution in [3.05, 3.63) is 72.8 Å². The Hall–Kier alpha value is -3.75. The summed E-state index contributed by atoms with van der Waals surface area (Å²) in [6.45, 7) is 4.69. The number of rotatable bonds is 4. The van der Waals surface area contributed by atoms with Gasteiger partial charge in [-0.25, -0.2) is 4.98 Å². The maximum atomic E-state index is 13.3. The Morgan fingerprint density at radius 1 is 1.13 bits per heavy atom. The number of anilines is 1. The van der Waals surface area contributed by atoms with Gasteiger partial charge < -0.3 is 14.4 Å². The predicted octanol–water partition coefficient (Wildman–Crippen LogP) is 1.72. The summed E-state index contributed by atoms with van der Waals surface area (Å²) in [4.78, 5) is 26.0. The summed E-state index contributed by atoms with van der Waals surface area (Å²) in [6.07, 6.45) is 10.7. The topological polar surface area (TPSA) is 84.5 Å². The minimum Gasteiger partial charge on any atom is -0.347 e. The predicted molar refractivity (Wildman–Crippen MR) is 111 cm³/mol. The maximum Gasteiger partial charge on any atom is 0.270 e. The highest BCUT2D eigenvalue weighted by molar-refractivity contribution is 5.93. The van der Waals surface area contributed by atoms with Gasteiger partial charge in [0.25, 0.3) is 5.91 Å². The fourth-order valence-corrected chi connectivity index (χ4v) is 4.00. The van der Waals surface area contributed by atoms with Crippen molar-refractivity contribution in [2.24, 2.45) is 0 Å². The van der Waals surface area contributed by atoms with Crippen molar-refractivity contribution in [2.45, 2.75) is 19.5 Å². The van der Waals surface area contributed by atoms with Gasteiger partial charge in [-0.2, -0.15) is 0 Å². The van der Waals surface area contributed by atoms with E-state index in [9.17, 15) is 4.79 Å². The summed E-state index contributed by atoms with van der Waals surface area (Å²) in [5.41, 5.74) is 2.54. The minimum absolute atomic E-state index is 0.0502. The van der Waals surface area contributed by atoms with Crippen LogP contribution in [0.2, 0.25) is 0 Å². The van der Waals surface area contributed by atoms with E-state index in [1.54, 1.807) is 24.9 Å². The largest absolute Gasteiger partial charge is 0.347 e. The summed E-state index contributed by atoms with van der Waals surface area (Å²) in [7, 11) is 0. The molecule has 0 N–H and O–H groups in total. The van der Waals surface area contributed by atoms with Crippen molar-refractivity contribution >= 4 is 17.4 Å². The van der Waals surface area contributed by atoms with Crippen LogP contribution in [0.5, 0.6) is 0 Å². The van der Waals surface area contributed by atoms with E-state index in [4.69, 9.17) is 0 Å². The number of amides is 1. The molecular weight excluding hydrogens is 380 g/mol. The summed E-state index contributed by atoms with van der Waals surface area (Å²) in [5.74, 6) is 0.852. The van der Waals surface area contributed by atoms with E-state index < -0.39 is 0 Å². The van der Waals surface area contributed by atoms with Crippen molar-refractivity contribution in [2.75, 3.05) is 24.5 Å². The second-order valence-corrected chi connectivity index (χ2v) is 7.48. The Morgan fingerprint density at radius 3 is 2.83 bits per heavy atom. The Morgan fingerprint density at radius 2 is 2.00 bits per heavy atom. The van der Waals surface area contributed by atoms with Crippen LogP contribution in [0.25, 0.3) is 5.65 Å². The van der Waals surface area contributed by atoms with Gasteiger partial charge in [0.05, 0.1) is 0 Å². The first-order chi connectivity index (χ1) is 14.7. The van der Waals surface area contributed by atoms with Crippen LogP contribution in [-0.4, -0.2) is 65.6 Å². The van der Waals surface area contributed by atoms with E-state index >= 15 is 0 Å². The first kappa shape index (κ1) is 18.3. The maximum absolute atomic E-state index is 13.3. The molecule has 0 spiro atoms. The summed E-state index contributed by atoms with van der Waals surface area (Å²) < 4.78 is 3.85. The normalized spacial score (nSPS) is 16.9. The van der Waals surface area contributed by atoms with E-state index in [0.717, 1.165) is 17.0 Å². The molecule has 1 atom stereocenters. The molecule has 0 radical (unpaired) electrons. The Balaban J connectivity index is 1.32. The molecule has 4 aromatic rings. The molecule has 1 unspecified atom stereocenters. The zero-order chi connectivity index (χ0) is 20.5. The highest BCUT2D eigenvalue weighted by Crippen LogP contribution is 2.23. The van der Waals surface area contributed by atoms with Gasteiger partial charge in [-0.1, -0.05) is 0 Å². The Kier molecular flexibility index (Phi) is 4.62. The number of piperazine rings is 1. The van der Waals surface area contributed by atoms with Gasteiger partial charge >= 0.3 is 0 Å². The summed E-state index contributed by atoms with van der Waals surface area (Å²) in [6, 6.07) is 7.85. The van der Waals surface area contributed by atoms with Gasteiger partial charge in [-0.15, -0.1) is 10.2 Å². The highest BCUT2D eigenvalue weighted by atomic mass is 16.2. The van der Waals surface area contributed by atoms with Crippen molar-refractivity contribution in [3.63, 3.8) is 0 Å². The second kappa shape index (κ2) is 7.58. The second-order valence-electron chi connectivity index (χ2n) is 7.48. The number of fused-ring (bicyclic) bond motifs is 1. The van der Waals surface area contributed by atoms with Crippen LogP contribution in [-0.2, 0) is 6.54 Å². The number of aromatic nitrogens is 6. The van der Waals surface area contributed by atoms with Gasteiger partial charge in [-0.3, -0.25) is 14.2 Å². The van der Waals surface area contributed by atoms with Crippen molar-refractivity contribution < 1.29 is 4.79 Å². The van der Waals surface area contributed by atoms with Crippen LogP contribution in [0.15, 0.2) is 61.6 Å². The number of pyridine rings is 1. The first-order valence-electron chi connectivity index (χ1n) is 9.95. The van der Waals surface area contributed by atoms with Gasteiger partial charge in [0.15, 0.2) is 5.82 Å². The van der Waals surface area contributed by atoms with Crippen molar-refractivity contribution in [1.29, 1.82) is 0 Å². The number of hydrogen-bond donors (Lipinski definition) is 0. The SMILES string of the molecule is CC1CN(C(=O)c2cccn2Cc2ccncc2)CCN1c1nccn2cnnc12. The molecule has 5 rings (SSSR count). The third kappa shape index (κ3) is 3.28. The van der Waals surface area contributed by atoms with Crippen LogP contribution in [0.4, 0.5) is 5.82 Å². The summed E-state index contributed by atoms with van der Waals surface area (Å²) >= 11 is 0. The molecule has 0 bridgehead atoms. The standard InChI is InChI=1S/C21H22N8O/c1-16-13-27(11-12-29(16)19-20-25-24-15-28(20)10-8-23-19)21(30)18-3-2-9-26(18)14-17-4-6-22-7-5-17/h2-10,15-16H,11-14H2,1H3. The van der Waals surface area contributed by atoms with Crippen LogP contribution in [0.1, 0.15) is 23.0 Å². The van der Waals surface area contributed by atoms with Gasteiger partial charge in [0.1, 0.15) is 12.0 Å².